The Balaban J connectivity index is 1.88. The van der Waals surface area contributed by atoms with Crippen molar-refractivity contribution in [2.24, 2.45) is 0 Å². The molecule has 1 aromatic carbocycles. The molecule has 0 saturated carbocycles. The summed E-state index contributed by atoms with van der Waals surface area (Å²) < 4.78 is 19.1. The molecule has 1 aliphatic rings. The van der Waals surface area contributed by atoms with Crippen molar-refractivity contribution in [2.45, 2.75) is 38.6 Å². The van der Waals surface area contributed by atoms with E-state index < -0.39 is 0 Å². The highest BCUT2D eigenvalue weighted by Crippen LogP contribution is 2.19. The average molecular weight is 237 g/mol. The maximum absolute atomic E-state index is 13.5. The lowest BCUT2D eigenvalue weighted by Gasteiger charge is -2.17. The van der Waals surface area contributed by atoms with Gasteiger partial charge in [0.2, 0.25) is 0 Å². The van der Waals surface area contributed by atoms with Gasteiger partial charge in [-0.1, -0.05) is 18.9 Å². The van der Waals surface area contributed by atoms with Crippen LogP contribution < -0.4 is 10.1 Å². The van der Waals surface area contributed by atoms with Crippen LogP contribution in [0.4, 0.5) is 4.39 Å². The number of rotatable bonds is 3. The van der Waals surface area contributed by atoms with E-state index >= 15 is 0 Å². The highest BCUT2D eigenvalue weighted by Gasteiger charge is 2.13. The SMILES string of the molecule is Cc1ccc(OCC2CCCCCN2)c(F)c1. The molecule has 1 aromatic rings. The number of aryl methyl sites for hydroxylation is 1. The molecule has 1 aliphatic heterocycles. The Kier molecular flexibility index (Phi) is 4.37. The molecule has 1 heterocycles. The van der Waals surface area contributed by atoms with Gasteiger partial charge in [-0.15, -0.1) is 0 Å². The molecule has 0 bridgehead atoms. The molecular weight excluding hydrogens is 217 g/mol. The van der Waals surface area contributed by atoms with Crippen molar-refractivity contribution in [3.8, 4) is 5.75 Å². The minimum atomic E-state index is -0.265. The minimum Gasteiger partial charge on any atom is -0.489 e. The molecule has 0 aromatic heterocycles. The summed E-state index contributed by atoms with van der Waals surface area (Å²) in [6.07, 6.45) is 4.86. The molecule has 17 heavy (non-hydrogen) atoms. The zero-order valence-electron chi connectivity index (χ0n) is 10.3. The van der Waals surface area contributed by atoms with E-state index in [1.54, 1.807) is 6.07 Å². The van der Waals surface area contributed by atoms with E-state index in [2.05, 4.69) is 5.32 Å². The molecule has 0 amide bonds. The van der Waals surface area contributed by atoms with Crippen LogP contribution in [0.25, 0.3) is 0 Å². The Bertz CT molecular complexity index is 359. The molecule has 94 valence electrons. The largest absolute Gasteiger partial charge is 0.489 e. The molecular formula is C14H20FNO. The first-order chi connectivity index (χ1) is 8.25. The van der Waals surface area contributed by atoms with E-state index in [1.807, 2.05) is 13.0 Å². The number of ether oxygens (including phenoxy) is 1. The molecule has 2 rings (SSSR count). The molecule has 1 N–H and O–H groups in total. The van der Waals surface area contributed by atoms with Crippen LogP contribution in [0, 0.1) is 12.7 Å². The summed E-state index contributed by atoms with van der Waals surface area (Å²) in [5.74, 6) is 0.0975. The van der Waals surface area contributed by atoms with Gasteiger partial charge in [0.05, 0.1) is 0 Å². The van der Waals surface area contributed by atoms with E-state index in [0.29, 0.717) is 18.4 Å². The van der Waals surface area contributed by atoms with Crippen molar-refractivity contribution >= 4 is 0 Å². The highest BCUT2D eigenvalue weighted by molar-refractivity contribution is 5.28. The average Bonchev–Trinajstić information content (AvgIpc) is 2.56. The molecule has 3 heteroatoms. The van der Waals surface area contributed by atoms with Crippen molar-refractivity contribution in [1.82, 2.24) is 5.32 Å². The van der Waals surface area contributed by atoms with Gasteiger partial charge < -0.3 is 10.1 Å². The standard InChI is InChI=1S/C14H20FNO/c1-11-6-7-14(13(15)9-11)17-10-12-5-3-2-4-8-16-12/h6-7,9,12,16H,2-5,8,10H2,1H3. The summed E-state index contributed by atoms with van der Waals surface area (Å²) in [6, 6.07) is 5.45. The van der Waals surface area contributed by atoms with Crippen LogP contribution in [0.1, 0.15) is 31.2 Å². The zero-order valence-corrected chi connectivity index (χ0v) is 10.3. The number of nitrogens with one attached hydrogen (secondary N) is 1. The predicted octanol–water partition coefficient (Wildman–Crippen LogP) is 3.05. The van der Waals surface area contributed by atoms with Crippen molar-refractivity contribution in [2.75, 3.05) is 13.2 Å². The molecule has 1 saturated heterocycles. The topological polar surface area (TPSA) is 21.3 Å². The van der Waals surface area contributed by atoms with Crippen molar-refractivity contribution in [3.05, 3.63) is 29.6 Å². The van der Waals surface area contributed by atoms with Gasteiger partial charge >= 0.3 is 0 Å². The van der Waals surface area contributed by atoms with Crippen LogP contribution in [0.5, 0.6) is 5.75 Å². The third kappa shape index (κ3) is 3.70. The lowest BCUT2D eigenvalue weighted by Crippen LogP contribution is -2.33. The summed E-state index contributed by atoms with van der Waals surface area (Å²) >= 11 is 0. The number of halogens is 1. The number of hydrogen-bond donors (Lipinski definition) is 1. The first kappa shape index (κ1) is 12.4. The number of hydrogen-bond acceptors (Lipinski definition) is 2. The van der Waals surface area contributed by atoms with Crippen molar-refractivity contribution in [3.63, 3.8) is 0 Å². The third-order valence-electron chi connectivity index (χ3n) is 3.19. The highest BCUT2D eigenvalue weighted by atomic mass is 19.1. The van der Waals surface area contributed by atoms with Gasteiger partial charge in [-0.05, 0) is 44.0 Å². The van der Waals surface area contributed by atoms with E-state index in [0.717, 1.165) is 18.5 Å². The summed E-state index contributed by atoms with van der Waals surface area (Å²) in [6.45, 7) is 3.48. The predicted molar refractivity (Wildman–Crippen MR) is 66.9 cm³/mol. The normalized spacial score (nSPS) is 20.9. The fourth-order valence-electron chi connectivity index (χ4n) is 2.16. The van der Waals surface area contributed by atoms with Crippen LogP contribution >= 0.6 is 0 Å². The van der Waals surface area contributed by atoms with Crippen LogP contribution in [0.3, 0.4) is 0 Å². The fraction of sp³-hybridized carbons (Fsp3) is 0.571. The summed E-state index contributed by atoms with van der Waals surface area (Å²) in [5, 5.41) is 3.44. The molecule has 0 aliphatic carbocycles. The molecule has 1 fully saturated rings. The van der Waals surface area contributed by atoms with E-state index in [1.165, 1.54) is 25.3 Å². The van der Waals surface area contributed by atoms with Gasteiger partial charge in [-0.25, -0.2) is 4.39 Å². The Hall–Kier alpha value is -1.09. The van der Waals surface area contributed by atoms with Crippen LogP contribution in [-0.4, -0.2) is 19.2 Å². The van der Waals surface area contributed by atoms with Gasteiger partial charge in [-0.2, -0.15) is 0 Å². The lowest BCUT2D eigenvalue weighted by molar-refractivity contribution is 0.251. The molecule has 1 atom stereocenters. The van der Waals surface area contributed by atoms with Crippen molar-refractivity contribution in [1.29, 1.82) is 0 Å². The second-order valence-electron chi connectivity index (χ2n) is 4.75. The second-order valence-corrected chi connectivity index (χ2v) is 4.75. The minimum absolute atomic E-state index is 0.265. The summed E-state index contributed by atoms with van der Waals surface area (Å²) in [5.41, 5.74) is 0.919. The van der Waals surface area contributed by atoms with E-state index in [4.69, 9.17) is 4.74 Å². The van der Waals surface area contributed by atoms with Gasteiger partial charge in [-0.3, -0.25) is 0 Å². The maximum atomic E-state index is 13.5. The molecule has 0 spiro atoms. The lowest BCUT2D eigenvalue weighted by atomic mass is 10.1. The first-order valence-electron chi connectivity index (χ1n) is 6.38. The van der Waals surface area contributed by atoms with Gasteiger partial charge in [0.15, 0.2) is 11.6 Å². The number of benzene rings is 1. The molecule has 0 radical (unpaired) electrons. The molecule has 2 nitrogen and oxygen atoms in total. The second kappa shape index (κ2) is 6.01. The quantitative estimate of drug-likeness (QED) is 0.872. The fourth-order valence-corrected chi connectivity index (χ4v) is 2.16. The smallest absolute Gasteiger partial charge is 0.165 e. The molecule has 1 unspecified atom stereocenters. The first-order valence-corrected chi connectivity index (χ1v) is 6.38. The van der Waals surface area contributed by atoms with Crippen LogP contribution in [0.15, 0.2) is 18.2 Å². The Morgan fingerprint density at radius 3 is 3.06 bits per heavy atom. The summed E-state index contributed by atoms with van der Waals surface area (Å²) in [4.78, 5) is 0. The monoisotopic (exact) mass is 237 g/mol. The Labute approximate surface area is 102 Å². The van der Waals surface area contributed by atoms with Gasteiger partial charge in [0, 0.05) is 6.04 Å². The van der Waals surface area contributed by atoms with E-state index in [-0.39, 0.29) is 5.82 Å². The Morgan fingerprint density at radius 2 is 2.24 bits per heavy atom. The maximum Gasteiger partial charge on any atom is 0.165 e. The van der Waals surface area contributed by atoms with Crippen LogP contribution in [-0.2, 0) is 0 Å². The third-order valence-corrected chi connectivity index (χ3v) is 3.19. The zero-order chi connectivity index (χ0) is 12.1. The van der Waals surface area contributed by atoms with Crippen LogP contribution in [0.2, 0.25) is 0 Å². The van der Waals surface area contributed by atoms with E-state index in [9.17, 15) is 4.39 Å². The van der Waals surface area contributed by atoms with Gasteiger partial charge in [0.1, 0.15) is 6.61 Å². The van der Waals surface area contributed by atoms with Crippen molar-refractivity contribution < 1.29 is 9.13 Å². The van der Waals surface area contributed by atoms with Gasteiger partial charge in [0.25, 0.3) is 0 Å². The Morgan fingerprint density at radius 1 is 1.35 bits per heavy atom. The summed E-state index contributed by atoms with van der Waals surface area (Å²) in [7, 11) is 0.